The van der Waals surface area contributed by atoms with E-state index in [4.69, 9.17) is 5.73 Å². The molecule has 0 aliphatic carbocycles. The van der Waals surface area contributed by atoms with E-state index in [2.05, 4.69) is 10.1 Å². The van der Waals surface area contributed by atoms with Gasteiger partial charge in [0, 0.05) is 6.07 Å². The number of benzene rings is 1. The summed E-state index contributed by atoms with van der Waals surface area (Å²) in [5, 5.41) is 3.65. The molecule has 4 nitrogen and oxygen atoms in total. The molecule has 9 heteroatoms. The summed E-state index contributed by atoms with van der Waals surface area (Å²) >= 11 is 0. The fourth-order valence-electron chi connectivity index (χ4n) is 2.12. The van der Waals surface area contributed by atoms with Gasteiger partial charge >= 0.3 is 0 Å². The Kier molecular flexibility index (Phi) is 3.19. The van der Waals surface area contributed by atoms with Gasteiger partial charge in [-0.15, -0.1) is 5.10 Å². The van der Waals surface area contributed by atoms with Crippen LogP contribution < -0.4 is 5.73 Å². The number of fused-ring (bicyclic) bond motifs is 1. The van der Waals surface area contributed by atoms with E-state index in [0.29, 0.717) is 12.1 Å². The first kappa shape index (κ1) is 14.2. The number of halogens is 5. The predicted octanol–water partition coefficient (Wildman–Crippen LogP) is 3.33. The Morgan fingerprint density at radius 2 is 1.82 bits per heavy atom. The van der Waals surface area contributed by atoms with Gasteiger partial charge in [0.1, 0.15) is 17.2 Å². The highest BCUT2D eigenvalue weighted by atomic mass is 19.3. The van der Waals surface area contributed by atoms with Crippen LogP contribution in [-0.2, 0) is 0 Å². The Hall–Kier alpha value is -2.71. The van der Waals surface area contributed by atoms with Gasteiger partial charge in [0.15, 0.2) is 5.82 Å². The molecule has 114 valence electrons. The summed E-state index contributed by atoms with van der Waals surface area (Å²) in [6.45, 7) is 0. The number of aromatic nitrogens is 3. The number of hydrogen-bond acceptors (Lipinski definition) is 3. The van der Waals surface area contributed by atoms with E-state index < -0.39 is 35.0 Å². The summed E-state index contributed by atoms with van der Waals surface area (Å²) in [6, 6.07) is 2.09. The Labute approximate surface area is 120 Å². The number of hydrogen-bond donors (Lipinski definition) is 1. The molecule has 0 aliphatic rings. The van der Waals surface area contributed by atoms with E-state index in [1.807, 2.05) is 0 Å². The lowest BCUT2D eigenvalue weighted by molar-refractivity contribution is 0.146. The first-order valence-electron chi connectivity index (χ1n) is 5.96. The number of anilines is 1. The Bertz CT molecular complexity index is 874. The molecule has 0 amide bonds. The molecule has 0 saturated heterocycles. The number of rotatable bonds is 2. The van der Waals surface area contributed by atoms with Gasteiger partial charge in [-0.05, 0) is 12.1 Å². The first-order valence-corrected chi connectivity index (χ1v) is 5.96. The predicted molar refractivity (Wildman–Crippen MR) is 67.7 cm³/mol. The van der Waals surface area contributed by atoms with Crippen LogP contribution in [0.25, 0.3) is 16.8 Å². The second-order valence-corrected chi connectivity index (χ2v) is 4.42. The van der Waals surface area contributed by atoms with Gasteiger partial charge < -0.3 is 5.73 Å². The van der Waals surface area contributed by atoms with E-state index in [9.17, 15) is 22.0 Å². The molecule has 0 fully saturated rings. The minimum absolute atomic E-state index is 0.189. The number of alkyl halides is 2. The van der Waals surface area contributed by atoms with Crippen LogP contribution >= 0.6 is 0 Å². The van der Waals surface area contributed by atoms with Crippen molar-refractivity contribution in [3.63, 3.8) is 0 Å². The van der Waals surface area contributed by atoms with E-state index >= 15 is 0 Å². The minimum Gasteiger partial charge on any atom is -0.367 e. The zero-order chi connectivity index (χ0) is 16.0. The lowest BCUT2D eigenvalue weighted by Gasteiger charge is -2.09. The van der Waals surface area contributed by atoms with E-state index in [-0.39, 0.29) is 17.2 Å². The van der Waals surface area contributed by atoms with Gasteiger partial charge in [-0.1, -0.05) is 0 Å². The molecule has 3 rings (SSSR count). The summed E-state index contributed by atoms with van der Waals surface area (Å²) in [4.78, 5) is 3.56. The lowest BCUT2D eigenvalue weighted by Crippen LogP contribution is -2.04. The second-order valence-electron chi connectivity index (χ2n) is 4.42. The average molecular weight is 314 g/mol. The molecule has 0 unspecified atom stereocenters. The van der Waals surface area contributed by atoms with Gasteiger partial charge in [0.25, 0.3) is 6.43 Å². The summed E-state index contributed by atoms with van der Waals surface area (Å²) in [6.07, 6.45) is -2.12. The molecular formula is C13H7F5N4. The maximum absolute atomic E-state index is 14.2. The van der Waals surface area contributed by atoms with Gasteiger partial charge in [0.2, 0.25) is 5.95 Å². The molecular weight excluding hydrogens is 307 g/mol. The molecule has 2 aromatic heterocycles. The molecule has 1 aromatic carbocycles. The van der Waals surface area contributed by atoms with Crippen molar-refractivity contribution in [2.45, 2.75) is 6.43 Å². The van der Waals surface area contributed by atoms with Crippen LogP contribution in [0.2, 0.25) is 0 Å². The van der Waals surface area contributed by atoms with Crippen LogP contribution in [0.1, 0.15) is 12.0 Å². The fraction of sp³-hybridized carbons (Fsp3) is 0.0769. The first-order chi connectivity index (χ1) is 10.4. The van der Waals surface area contributed by atoms with Crippen molar-refractivity contribution in [1.82, 2.24) is 14.6 Å². The van der Waals surface area contributed by atoms with Crippen molar-refractivity contribution >= 4 is 11.5 Å². The van der Waals surface area contributed by atoms with Crippen LogP contribution in [0.4, 0.5) is 27.9 Å². The molecule has 0 radical (unpaired) electrons. The SMILES string of the molecule is Nc1ncc2c(F)cc(-c3c(F)ccc(C(F)F)c3F)n2n1. The van der Waals surface area contributed by atoms with E-state index in [1.165, 1.54) is 0 Å². The summed E-state index contributed by atoms with van der Waals surface area (Å²) < 4.78 is 68.2. The third kappa shape index (κ3) is 2.05. The van der Waals surface area contributed by atoms with Gasteiger partial charge in [-0.3, -0.25) is 0 Å². The van der Waals surface area contributed by atoms with Gasteiger partial charge in [0.05, 0.1) is 23.0 Å². The maximum atomic E-state index is 14.2. The molecule has 0 aliphatic heterocycles. The summed E-state index contributed by atoms with van der Waals surface area (Å²) in [5.74, 6) is -3.74. The smallest absolute Gasteiger partial charge is 0.266 e. The van der Waals surface area contributed by atoms with Crippen LogP contribution in [0.5, 0.6) is 0 Å². The second kappa shape index (κ2) is 4.93. The largest absolute Gasteiger partial charge is 0.367 e. The summed E-state index contributed by atoms with van der Waals surface area (Å²) in [5.41, 5.74) is 2.99. The molecule has 0 bridgehead atoms. The topological polar surface area (TPSA) is 56.2 Å². The molecule has 0 saturated carbocycles. The van der Waals surface area contributed by atoms with Crippen molar-refractivity contribution < 1.29 is 22.0 Å². The maximum Gasteiger partial charge on any atom is 0.266 e. The fourth-order valence-corrected chi connectivity index (χ4v) is 2.12. The third-order valence-corrected chi connectivity index (χ3v) is 3.10. The van der Waals surface area contributed by atoms with Gasteiger partial charge in [-0.2, -0.15) is 0 Å². The van der Waals surface area contributed by atoms with Crippen LogP contribution in [0.3, 0.4) is 0 Å². The normalized spacial score (nSPS) is 11.5. The van der Waals surface area contributed by atoms with Crippen molar-refractivity contribution in [3.8, 4) is 11.3 Å². The van der Waals surface area contributed by atoms with Crippen molar-refractivity contribution in [2.75, 3.05) is 5.73 Å². The molecule has 2 heterocycles. The third-order valence-electron chi connectivity index (χ3n) is 3.10. The molecule has 0 atom stereocenters. The highest BCUT2D eigenvalue weighted by Gasteiger charge is 2.24. The van der Waals surface area contributed by atoms with Crippen LogP contribution in [0.15, 0.2) is 24.4 Å². The quantitative estimate of drug-likeness (QED) is 0.738. The number of nitrogens with two attached hydrogens (primary N) is 1. The molecule has 0 spiro atoms. The Morgan fingerprint density at radius 3 is 2.50 bits per heavy atom. The molecule has 2 N–H and O–H groups in total. The monoisotopic (exact) mass is 314 g/mol. The lowest BCUT2D eigenvalue weighted by atomic mass is 10.1. The zero-order valence-electron chi connectivity index (χ0n) is 10.7. The molecule has 22 heavy (non-hydrogen) atoms. The Balaban J connectivity index is 2.37. The van der Waals surface area contributed by atoms with E-state index in [0.717, 1.165) is 16.8 Å². The summed E-state index contributed by atoms with van der Waals surface area (Å²) in [7, 11) is 0. The number of nitrogens with zero attached hydrogens (tertiary/aromatic N) is 3. The van der Waals surface area contributed by atoms with Crippen molar-refractivity contribution in [3.05, 3.63) is 47.4 Å². The number of nitrogen functional groups attached to an aromatic ring is 1. The van der Waals surface area contributed by atoms with Crippen LogP contribution in [0, 0.1) is 17.5 Å². The zero-order valence-corrected chi connectivity index (χ0v) is 10.7. The minimum atomic E-state index is -3.14. The Morgan fingerprint density at radius 1 is 1.09 bits per heavy atom. The van der Waals surface area contributed by atoms with Crippen LogP contribution in [-0.4, -0.2) is 14.6 Å². The van der Waals surface area contributed by atoms with Crippen molar-refractivity contribution in [2.24, 2.45) is 0 Å². The standard InChI is InChI=1S/C13H7F5N4/c14-6-2-1-5(12(17)18)11(16)10(6)8-3-7(15)9-4-20-13(19)21-22(8)9/h1-4,12H,(H2,19,21). The van der Waals surface area contributed by atoms with Gasteiger partial charge in [-0.25, -0.2) is 31.5 Å². The highest BCUT2D eigenvalue weighted by molar-refractivity contribution is 5.69. The van der Waals surface area contributed by atoms with E-state index in [1.54, 1.807) is 0 Å². The molecule has 3 aromatic rings. The highest BCUT2D eigenvalue weighted by Crippen LogP contribution is 2.34. The van der Waals surface area contributed by atoms with Crippen molar-refractivity contribution in [1.29, 1.82) is 0 Å². The average Bonchev–Trinajstić information content (AvgIpc) is 2.75.